The topological polar surface area (TPSA) is 39.0 Å². The summed E-state index contributed by atoms with van der Waals surface area (Å²) in [4.78, 5) is 0.338. The zero-order valence-electron chi connectivity index (χ0n) is 15.1. The molecular formula is C22H19ClN2OS. The predicted octanol–water partition coefficient (Wildman–Crippen LogP) is 4.37. The van der Waals surface area contributed by atoms with Crippen LogP contribution < -0.4 is 15.0 Å². The molecule has 3 rings (SSSR count). The normalized spacial score (nSPS) is 11.7. The van der Waals surface area contributed by atoms with Crippen LogP contribution in [0.1, 0.15) is 16.7 Å². The number of benzene rings is 2. The summed E-state index contributed by atoms with van der Waals surface area (Å²) < 4.78 is 1.74. The van der Waals surface area contributed by atoms with E-state index >= 15 is 0 Å². The number of anilines is 1. The van der Waals surface area contributed by atoms with Gasteiger partial charge in [0.05, 0.1) is 0 Å². The van der Waals surface area contributed by atoms with Gasteiger partial charge in [-0.25, -0.2) is 0 Å². The SMILES string of the molecule is Cc1ccc[n+](C(C(=S)Nc2ccccc2C)=C([O-])c2ccccc2Cl)c1. The van der Waals surface area contributed by atoms with Crippen LogP contribution in [-0.4, -0.2) is 4.99 Å². The molecule has 0 radical (unpaired) electrons. The van der Waals surface area contributed by atoms with Gasteiger partial charge < -0.3 is 10.4 Å². The van der Waals surface area contributed by atoms with Crippen molar-refractivity contribution in [2.24, 2.45) is 0 Å². The van der Waals surface area contributed by atoms with Gasteiger partial charge in [-0.05, 0) is 48.9 Å². The highest BCUT2D eigenvalue weighted by Crippen LogP contribution is 2.24. The lowest BCUT2D eigenvalue weighted by Gasteiger charge is -2.18. The maximum Gasteiger partial charge on any atom is 0.238 e. The van der Waals surface area contributed by atoms with Crippen molar-refractivity contribution in [3.63, 3.8) is 0 Å². The quantitative estimate of drug-likeness (QED) is 0.309. The Balaban J connectivity index is 2.13. The van der Waals surface area contributed by atoms with Crippen molar-refractivity contribution in [3.05, 3.63) is 94.8 Å². The van der Waals surface area contributed by atoms with Gasteiger partial charge >= 0.3 is 0 Å². The second-order valence-corrected chi connectivity index (χ2v) is 7.03. The first-order valence-electron chi connectivity index (χ1n) is 8.49. The van der Waals surface area contributed by atoms with Gasteiger partial charge in [-0.3, -0.25) is 0 Å². The van der Waals surface area contributed by atoms with Gasteiger partial charge in [-0.1, -0.05) is 60.2 Å². The standard InChI is InChI=1S/C22H19ClN2OS/c1-15-8-7-13-25(14-15)20(21(26)17-10-4-5-11-18(17)23)22(27)24-19-12-6-3-9-16(19)2/h3-14H,1-2H3,(H-,24,26,27). The van der Waals surface area contributed by atoms with Gasteiger partial charge in [0.1, 0.15) is 0 Å². The maximum absolute atomic E-state index is 13.3. The van der Waals surface area contributed by atoms with Crippen LogP contribution in [0.25, 0.3) is 11.5 Å². The minimum atomic E-state index is -0.234. The Kier molecular flexibility index (Phi) is 5.89. The number of aryl methyl sites for hydroxylation is 2. The Morgan fingerprint density at radius 3 is 2.41 bits per heavy atom. The molecule has 0 saturated carbocycles. The molecule has 0 saturated heterocycles. The van der Waals surface area contributed by atoms with Gasteiger partial charge in [0.15, 0.2) is 17.4 Å². The lowest BCUT2D eigenvalue weighted by Crippen LogP contribution is -2.40. The number of thiocarbonyl (C=S) groups is 1. The molecule has 0 atom stereocenters. The molecule has 0 spiro atoms. The summed E-state index contributed by atoms with van der Waals surface area (Å²) in [5, 5.41) is 16.9. The highest BCUT2D eigenvalue weighted by atomic mass is 35.5. The van der Waals surface area contributed by atoms with Crippen molar-refractivity contribution in [2.45, 2.75) is 13.8 Å². The Labute approximate surface area is 169 Å². The second kappa shape index (κ2) is 8.33. The largest absolute Gasteiger partial charge is 0.867 e. The number of aromatic nitrogens is 1. The van der Waals surface area contributed by atoms with E-state index in [1.54, 1.807) is 28.8 Å². The fraction of sp³-hybridized carbons (Fsp3) is 0.0909. The summed E-state index contributed by atoms with van der Waals surface area (Å²) in [6.45, 7) is 3.95. The first kappa shape index (κ1) is 19.1. The Morgan fingerprint density at radius 2 is 1.70 bits per heavy atom. The Hall–Kier alpha value is -2.69. The molecule has 3 aromatic rings. The molecule has 0 fully saturated rings. The monoisotopic (exact) mass is 394 g/mol. The van der Waals surface area contributed by atoms with E-state index in [1.807, 2.05) is 62.6 Å². The zero-order valence-corrected chi connectivity index (χ0v) is 16.6. The highest BCUT2D eigenvalue weighted by Gasteiger charge is 2.20. The van der Waals surface area contributed by atoms with Gasteiger partial charge in [0, 0.05) is 22.3 Å². The summed E-state index contributed by atoms with van der Waals surface area (Å²) >= 11 is 11.9. The lowest BCUT2D eigenvalue weighted by atomic mass is 10.1. The molecule has 5 heteroatoms. The Morgan fingerprint density at radius 1 is 1.00 bits per heavy atom. The minimum absolute atomic E-state index is 0.234. The van der Waals surface area contributed by atoms with Gasteiger partial charge in [0.2, 0.25) is 5.70 Å². The van der Waals surface area contributed by atoms with Crippen molar-refractivity contribution in [1.82, 2.24) is 0 Å². The van der Waals surface area contributed by atoms with Crippen LogP contribution in [0.3, 0.4) is 0 Å². The molecule has 1 N–H and O–H groups in total. The number of hydrogen-bond acceptors (Lipinski definition) is 2. The summed E-state index contributed by atoms with van der Waals surface area (Å²) in [7, 11) is 0. The van der Waals surface area contributed by atoms with Gasteiger partial charge in [-0.15, -0.1) is 0 Å². The van der Waals surface area contributed by atoms with Crippen LogP contribution in [0, 0.1) is 13.8 Å². The average molecular weight is 395 g/mol. The molecule has 0 unspecified atom stereocenters. The van der Waals surface area contributed by atoms with Gasteiger partial charge in [0.25, 0.3) is 0 Å². The fourth-order valence-electron chi connectivity index (χ4n) is 2.74. The molecule has 0 bridgehead atoms. The van der Waals surface area contributed by atoms with Crippen LogP contribution >= 0.6 is 23.8 Å². The molecule has 0 aliphatic carbocycles. The first-order chi connectivity index (χ1) is 13.0. The van der Waals surface area contributed by atoms with Crippen molar-refractivity contribution in [1.29, 1.82) is 0 Å². The van der Waals surface area contributed by atoms with E-state index in [-0.39, 0.29) is 5.76 Å². The second-order valence-electron chi connectivity index (χ2n) is 6.22. The molecule has 136 valence electrons. The third kappa shape index (κ3) is 4.35. The van der Waals surface area contributed by atoms with E-state index in [0.717, 1.165) is 16.8 Å². The number of nitrogens with one attached hydrogen (secondary N) is 1. The molecule has 1 aromatic heterocycles. The maximum atomic E-state index is 13.3. The number of nitrogens with zero attached hydrogens (tertiary/aromatic N) is 1. The lowest BCUT2D eigenvalue weighted by molar-refractivity contribution is -0.578. The van der Waals surface area contributed by atoms with E-state index in [9.17, 15) is 5.11 Å². The molecule has 27 heavy (non-hydrogen) atoms. The van der Waals surface area contributed by atoms with Crippen LogP contribution in [0.2, 0.25) is 5.02 Å². The van der Waals surface area contributed by atoms with Crippen molar-refractivity contribution < 1.29 is 9.67 Å². The number of hydrogen-bond donors (Lipinski definition) is 1. The highest BCUT2D eigenvalue weighted by molar-refractivity contribution is 7.81. The van der Waals surface area contributed by atoms with E-state index < -0.39 is 0 Å². The zero-order chi connectivity index (χ0) is 19.4. The van der Waals surface area contributed by atoms with E-state index in [0.29, 0.717) is 21.3 Å². The molecular weight excluding hydrogens is 376 g/mol. The number of para-hydroxylation sites is 1. The van der Waals surface area contributed by atoms with E-state index in [1.165, 1.54) is 0 Å². The first-order valence-corrected chi connectivity index (χ1v) is 9.27. The van der Waals surface area contributed by atoms with E-state index in [2.05, 4.69) is 5.32 Å². The van der Waals surface area contributed by atoms with Crippen molar-refractivity contribution in [2.75, 3.05) is 5.32 Å². The molecule has 0 amide bonds. The van der Waals surface area contributed by atoms with Crippen LogP contribution in [0.5, 0.6) is 0 Å². The summed E-state index contributed by atoms with van der Waals surface area (Å²) in [6, 6.07) is 18.6. The van der Waals surface area contributed by atoms with Crippen molar-refractivity contribution >= 4 is 46.0 Å². The third-order valence-electron chi connectivity index (χ3n) is 4.15. The molecule has 3 nitrogen and oxygen atoms in total. The molecule has 1 heterocycles. The fourth-order valence-corrected chi connectivity index (χ4v) is 3.27. The summed E-state index contributed by atoms with van der Waals surface area (Å²) in [5.41, 5.74) is 3.68. The summed E-state index contributed by atoms with van der Waals surface area (Å²) in [6.07, 6.45) is 3.68. The molecule has 2 aromatic carbocycles. The van der Waals surface area contributed by atoms with Crippen molar-refractivity contribution in [3.8, 4) is 0 Å². The third-order valence-corrected chi connectivity index (χ3v) is 4.77. The Bertz CT molecular complexity index is 1030. The summed E-state index contributed by atoms with van der Waals surface area (Å²) in [5.74, 6) is -0.234. The molecule has 0 aliphatic heterocycles. The van der Waals surface area contributed by atoms with Crippen LogP contribution in [-0.2, 0) is 0 Å². The van der Waals surface area contributed by atoms with Crippen LogP contribution in [0.4, 0.5) is 5.69 Å². The average Bonchev–Trinajstić information content (AvgIpc) is 2.64. The van der Waals surface area contributed by atoms with E-state index in [4.69, 9.17) is 23.8 Å². The molecule has 0 aliphatic rings. The number of halogens is 1. The van der Waals surface area contributed by atoms with Crippen LogP contribution in [0.15, 0.2) is 73.1 Å². The number of pyridine rings is 1. The number of rotatable bonds is 4. The smallest absolute Gasteiger partial charge is 0.238 e. The minimum Gasteiger partial charge on any atom is -0.867 e. The van der Waals surface area contributed by atoms with Gasteiger partial charge in [-0.2, -0.15) is 4.57 Å². The predicted molar refractivity (Wildman–Crippen MR) is 113 cm³/mol.